The molecule has 6 nitrogen and oxygen atoms in total. The van der Waals surface area contributed by atoms with Gasteiger partial charge in [0.1, 0.15) is 11.5 Å². The Kier molecular flexibility index (Phi) is 12.2. The largest absolute Gasteiger partial charge is 0.508 e. The van der Waals surface area contributed by atoms with E-state index in [1.807, 2.05) is 39.0 Å². The van der Waals surface area contributed by atoms with Crippen LogP contribution in [-0.4, -0.2) is 46.7 Å². The van der Waals surface area contributed by atoms with Gasteiger partial charge in [-0.15, -0.1) is 0 Å². The first-order chi connectivity index (χ1) is 17.1. The summed E-state index contributed by atoms with van der Waals surface area (Å²) in [6.07, 6.45) is 4.49. The number of aliphatic hydroxyl groups is 2. The van der Waals surface area contributed by atoms with Crippen molar-refractivity contribution in [1.29, 1.82) is 0 Å². The fourth-order valence-electron chi connectivity index (χ4n) is 4.43. The van der Waals surface area contributed by atoms with E-state index in [-0.39, 0.29) is 31.3 Å². The molecule has 0 heterocycles. The fourth-order valence-corrected chi connectivity index (χ4v) is 4.43. The number of carbonyl (C=O) groups excluding carboxylic acids is 1. The number of aliphatic hydroxyl groups excluding tert-OH is 2. The van der Waals surface area contributed by atoms with Gasteiger partial charge in [0.15, 0.2) is 6.61 Å². The van der Waals surface area contributed by atoms with Crippen molar-refractivity contribution < 1.29 is 29.6 Å². The first-order valence-electron chi connectivity index (χ1n) is 13.1. The molecule has 3 N–H and O–H groups in total. The molecule has 0 spiro atoms. The number of carbonyl (C=O) groups is 1. The van der Waals surface area contributed by atoms with E-state index < -0.39 is 5.97 Å². The summed E-state index contributed by atoms with van der Waals surface area (Å²) < 4.78 is 11.2. The van der Waals surface area contributed by atoms with E-state index in [0.717, 1.165) is 41.5 Å². The minimum Gasteiger partial charge on any atom is -0.508 e. The number of phenols is 1. The third kappa shape index (κ3) is 9.82. The molecule has 0 radical (unpaired) electrons. The molecule has 2 atom stereocenters. The van der Waals surface area contributed by atoms with Crippen LogP contribution >= 0.6 is 0 Å². The predicted octanol–water partition coefficient (Wildman–Crippen LogP) is 5.73. The first kappa shape index (κ1) is 29.7. The summed E-state index contributed by atoms with van der Waals surface area (Å²) in [5.41, 5.74) is 5.47. The Morgan fingerprint density at radius 3 is 2.25 bits per heavy atom. The molecule has 0 fully saturated rings. The highest BCUT2D eigenvalue weighted by molar-refractivity contribution is 5.71. The molecular formula is C30H44O6. The predicted molar refractivity (Wildman–Crippen MR) is 143 cm³/mol. The van der Waals surface area contributed by atoms with Crippen molar-refractivity contribution in [1.82, 2.24) is 0 Å². The summed E-state index contributed by atoms with van der Waals surface area (Å²) in [6, 6.07) is 9.68. The molecule has 0 saturated carbocycles. The number of phenolic OH excluding ortho intramolecular Hbond substituents is 1. The molecule has 0 saturated heterocycles. The Labute approximate surface area is 216 Å². The van der Waals surface area contributed by atoms with Gasteiger partial charge in [0, 0.05) is 6.61 Å². The smallest absolute Gasteiger partial charge is 0.344 e. The average molecular weight is 501 g/mol. The van der Waals surface area contributed by atoms with Crippen LogP contribution in [0.4, 0.5) is 0 Å². The minimum absolute atomic E-state index is 0.151. The Hall–Kier alpha value is -2.57. The van der Waals surface area contributed by atoms with Crippen LogP contribution in [0.2, 0.25) is 0 Å². The van der Waals surface area contributed by atoms with Gasteiger partial charge in [0.2, 0.25) is 0 Å². The number of unbranched alkanes of at least 4 members (excludes halogenated alkanes) is 1. The highest BCUT2D eigenvalue weighted by Gasteiger charge is 2.14. The summed E-state index contributed by atoms with van der Waals surface area (Å²) >= 11 is 0. The lowest BCUT2D eigenvalue weighted by Gasteiger charge is -2.17. The van der Waals surface area contributed by atoms with Gasteiger partial charge >= 0.3 is 5.97 Å². The molecule has 0 aliphatic rings. The van der Waals surface area contributed by atoms with Crippen molar-refractivity contribution >= 4 is 5.97 Å². The molecule has 2 aromatic carbocycles. The van der Waals surface area contributed by atoms with Gasteiger partial charge in [-0.2, -0.15) is 0 Å². The minimum atomic E-state index is -0.407. The molecular weight excluding hydrogens is 456 g/mol. The summed E-state index contributed by atoms with van der Waals surface area (Å²) in [4.78, 5) is 12.2. The van der Waals surface area contributed by atoms with Crippen molar-refractivity contribution in [3.8, 4) is 11.5 Å². The molecule has 0 amide bonds. The van der Waals surface area contributed by atoms with E-state index >= 15 is 0 Å². The number of rotatable bonds is 15. The molecule has 2 aromatic rings. The molecule has 6 heteroatoms. The van der Waals surface area contributed by atoms with E-state index in [4.69, 9.17) is 14.6 Å². The number of benzene rings is 2. The summed E-state index contributed by atoms with van der Waals surface area (Å²) in [5, 5.41) is 28.9. The van der Waals surface area contributed by atoms with Crippen LogP contribution < -0.4 is 4.74 Å². The van der Waals surface area contributed by atoms with Crippen LogP contribution in [0.15, 0.2) is 30.3 Å². The molecule has 200 valence electrons. The van der Waals surface area contributed by atoms with Crippen molar-refractivity contribution in [3.05, 3.63) is 58.1 Å². The van der Waals surface area contributed by atoms with Crippen molar-refractivity contribution in [3.63, 3.8) is 0 Å². The number of hydrogen-bond donors (Lipinski definition) is 3. The fraction of sp³-hybridized carbons (Fsp3) is 0.567. The van der Waals surface area contributed by atoms with Crippen molar-refractivity contribution in [2.75, 3.05) is 13.2 Å². The molecule has 0 aliphatic carbocycles. The second-order valence-electron chi connectivity index (χ2n) is 10.2. The molecule has 0 aliphatic heterocycles. The maximum Gasteiger partial charge on any atom is 0.344 e. The van der Waals surface area contributed by atoms with Gasteiger partial charge in [0.05, 0.1) is 12.2 Å². The molecule has 2 unspecified atom stereocenters. The maximum absolute atomic E-state index is 12.2. The third-order valence-electron chi connectivity index (χ3n) is 6.55. The topological polar surface area (TPSA) is 96.2 Å². The van der Waals surface area contributed by atoms with E-state index in [2.05, 4.69) is 19.9 Å². The van der Waals surface area contributed by atoms with Crippen LogP contribution in [0.5, 0.6) is 11.5 Å². The standard InChI is InChI=1S/C30H44O6/c1-20(2)27-17-24(12-13-29(27)33)18-28-21(3)15-26(16-22(28)4)35-19-30(34)36-23(5)9-8-11-25(32)10-6-7-14-31/h12-13,15-17,20,23,25,31-33H,6-11,14,18-19H2,1-5H3. The van der Waals surface area contributed by atoms with Gasteiger partial charge < -0.3 is 24.8 Å². The van der Waals surface area contributed by atoms with E-state index in [1.54, 1.807) is 6.07 Å². The van der Waals surface area contributed by atoms with Gasteiger partial charge in [0.25, 0.3) is 0 Å². The van der Waals surface area contributed by atoms with Crippen molar-refractivity contribution in [2.24, 2.45) is 0 Å². The van der Waals surface area contributed by atoms with Crippen molar-refractivity contribution in [2.45, 2.75) is 97.7 Å². The normalized spacial score (nSPS) is 13.0. The van der Waals surface area contributed by atoms with E-state index in [1.165, 1.54) is 5.56 Å². The number of aryl methyl sites for hydroxylation is 2. The lowest BCUT2D eigenvalue weighted by molar-refractivity contribution is -0.151. The Morgan fingerprint density at radius 2 is 1.61 bits per heavy atom. The van der Waals surface area contributed by atoms with Crippen LogP contribution in [0.3, 0.4) is 0 Å². The van der Waals surface area contributed by atoms with Crippen LogP contribution in [-0.2, 0) is 16.0 Å². The summed E-state index contributed by atoms with van der Waals surface area (Å²) in [6.45, 7) is 10.1. The van der Waals surface area contributed by atoms with Gasteiger partial charge in [-0.1, -0.05) is 26.0 Å². The zero-order chi connectivity index (χ0) is 26.7. The number of hydrogen-bond acceptors (Lipinski definition) is 6. The Bertz CT molecular complexity index is 945. The number of esters is 1. The highest BCUT2D eigenvalue weighted by Crippen LogP contribution is 2.29. The zero-order valence-electron chi connectivity index (χ0n) is 22.5. The summed E-state index contributed by atoms with van der Waals surface area (Å²) in [5.74, 6) is 0.812. The highest BCUT2D eigenvalue weighted by atomic mass is 16.6. The van der Waals surface area contributed by atoms with Crippen LogP contribution in [0.1, 0.15) is 93.0 Å². The Balaban J connectivity index is 1.83. The molecule has 0 aromatic heterocycles. The first-order valence-corrected chi connectivity index (χ1v) is 13.1. The van der Waals surface area contributed by atoms with Gasteiger partial charge in [-0.25, -0.2) is 4.79 Å². The van der Waals surface area contributed by atoms with E-state index in [0.29, 0.717) is 37.2 Å². The Morgan fingerprint density at radius 1 is 0.944 bits per heavy atom. The van der Waals surface area contributed by atoms with E-state index in [9.17, 15) is 15.0 Å². The molecule has 0 bridgehead atoms. The SMILES string of the molecule is Cc1cc(OCC(=O)OC(C)CCCC(O)CCCCO)cc(C)c1Cc1ccc(O)c(C(C)C)c1. The molecule has 36 heavy (non-hydrogen) atoms. The van der Waals surface area contributed by atoms with Gasteiger partial charge in [-0.3, -0.25) is 0 Å². The van der Waals surface area contributed by atoms with Crippen LogP contribution in [0, 0.1) is 13.8 Å². The number of ether oxygens (including phenoxy) is 2. The number of aromatic hydroxyl groups is 1. The second-order valence-corrected chi connectivity index (χ2v) is 10.2. The quantitative estimate of drug-likeness (QED) is 0.214. The lowest BCUT2D eigenvalue weighted by atomic mass is 9.93. The second kappa shape index (κ2) is 14.9. The molecule has 2 rings (SSSR count). The lowest BCUT2D eigenvalue weighted by Crippen LogP contribution is -2.21. The van der Waals surface area contributed by atoms with Gasteiger partial charge in [-0.05, 0) is 118 Å². The maximum atomic E-state index is 12.2. The summed E-state index contributed by atoms with van der Waals surface area (Å²) in [7, 11) is 0. The zero-order valence-corrected chi connectivity index (χ0v) is 22.5. The van der Waals surface area contributed by atoms with Crippen LogP contribution in [0.25, 0.3) is 0 Å². The average Bonchev–Trinajstić information content (AvgIpc) is 2.81. The monoisotopic (exact) mass is 500 g/mol. The third-order valence-corrected chi connectivity index (χ3v) is 6.55.